The van der Waals surface area contributed by atoms with E-state index in [0.29, 0.717) is 37.2 Å². The summed E-state index contributed by atoms with van der Waals surface area (Å²) in [6.07, 6.45) is 7.76. The number of amides is 2. The summed E-state index contributed by atoms with van der Waals surface area (Å²) in [5, 5.41) is 14.6. The molecule has 0 radical (unpaired) electrons. The Bertz CT molecular complexity index is 793. The fourth-order valence-corrected chi connectivity index (χ4v) is 2.85. The van der Waals surface area contributed by atoms with Crippen molar-refractivity contribution in [1.82, 2.24) is 30.6 Å². The Morgan fingerprint density at radius 2 is 1.57 bits per heavy atom. The highest BCUT2D eigenvalue weighted by atomic mass is 16.4. The number of carboxylic acids is 1. The van der Waals surface area contributed by atoms with Crippen LogP contribution in [0.15, 0.2) is 25.0 Å². The summed E-state index contributed by atoms with van der Waals surface area (Å²) in [5.41, 5.74) is 12.7. The first-order valence-corrected chi connectivity index (χ1v) is 9.64. The molecule has 12 heteroatoms. The highest BCUT2D eigenvalue weighted by Crippen LogP contribution is 2.05. The van der Waals surface area contributed by atoms with Crippen molar-refractivity contribution >= 4 is 17.8 Å². The first-order chi connectivity index (χ1) is 14.4. The number of carbonyl (C=O) groups excluding carboxylic acids is 2. The van der Waals surface area contributed by atoms with Gasteiger partial charge in [-0.1, -0.05) is 0 Å². The Kier molecular flexibility index (Phi) is 8.97. The van der Waals surface area contributed by atoms with Gasteiger partial charge in [0, 0.05) is 36.6 Å². The SMILES string of the molecule is NCCCCC(NC(=O)C(N)Cc1cnc[nH]1)C(=O)NC(Cc1cnc[nH]1)C(=O)O. The molecule has 2 aromatic heterocycles. The number of hydrogen-bond donors (Lipinski definition) is 7. The second-order valence-corrected chi connectivity index (χ2v) is 6.91. The lowest BCUT2D eigenvalue weighted by Crippen LogP contribution is -2.55. The van der Waals surface area contributed by atoms with E-state index in [-0.39, 0.29) is 12.8 Å². The van der Waals surface area contributed by atoms with Crippen LogP contribution in [0.2, 0.25) is 0 Å². The van der Waals surface area contributed by atoms with Gasteiger partial charge in [-0.25, -0.2) is 14.8 Å². The van der Waals surface area contributed by atoms with E-state index in [2.05, 4.69) is 30.6 Å². The molecule has 3 atom stereocenters. The lowest BCUT2D eigenvalue weighted by Gasteiger charge is -2.22. The van der Waals surface area contributed by atoms with Crippen molar-refractivity contribution in [3.05, 3.63) is 36.4 Å². The van der Waals surface area contributed by atoms with E-state index in [1.807, 2.05) is 0 Å². The summed E-state index contributed by atoms with van der Waals surface area (Å²) in [5.74, 6) is -2.31. The molecule has 0 spiro atoms. The monoisotopic (exact) mass is 420 g/mol. The number of nitrogens with zero attached hydrogens (tertiary/aromatic N) is 2. The van der Waals surface area contributed by atoms with Gasteiger partial charge in [-0.3, -0.25) is 9.59 Å². The van der Waals surface area contributed by atoms with Gasteiger partial charge in [-0.2, -0.15) is 0 Å². The molecule has 2 heterocycles. The van der Waals surface area contributed by atoms with Gasteiger partial charge in [-0.05, 0) is 25.8 Å². The summed E-state index contributed by atoms with van der Waals surface area (Å²) >= 11 is 0. The van der Waals surface area contributed by atoms with Crippen LogP contribution in [-0.4, -0.2) is 67.5 Å². The maximum Gasteiger partial charge on any atom is 0.326 e. The molecule has 0 saturated carbocycles. The number of carbonyl (C=O) groups is 3. The zero-order chi connectivity index (χ0) is 21.9. The number of nitrogens with two attached hydrogens (primary N) is 2. The number of aromatic nitrogens is 4. The number of unbranched alkanes of at least 4 members (excludes halogenated alkanes) is 1. The van der Waals surface area contributed by atoms with Gasteiger partial charge in [-0.15, -0.1) is 0 Å². The molecule has 0 aliphatic heterocycles. The molecule has 0 aliphatic rings. The van der Waals surface area contributed by atoms with E-state index >= 15 is 0 Å². The number of aromatic amines is 2. The molecule has 0 aliphatic carbocycles. The van der Waals surface area contributed by atoms with Crippen LogP contribution in [0.25, 0.3) is 0 Å². The third-order valence-electron chi connectivity index (χ3n) is 4.50. The quantitative estimate of drug-likeness (QED) is 0.188. The molecule has 2 amide bonds. The van der Waals surface area contributed by atoms with Crippen molar-refractivity contribution in [1.29, 1.82) is 0 Å². The van der Waals surface area contributed by atoms with E-state index < -0.39 is 35.9 Å². The van der Waals surface area contributed by atoms with E-state index in [0.717, 1.165) is 0 Å². The minimum atomic E-state index is -1.19. The van der Waals surface area contributed by atoms with Crippen LogP contribution in [0.4, 0.5) is 0 Å². The Balaban J connectivity index is 2.00. The van der Waals surface area contributed by atoms with Crippen LogP contribution >= 0.6 is 0 Å². The third-order valence-corrected chi connectivity index (χ3v) is 4.50. The minimum Gasteiger partial charge on any atom is -0.480 e. The lowest BCUT2D eigenvalue weighted by molar-refractivity contribution is -0.142. The molecule has 9 N–H and O–H groups in total. The van der Waals surface area contributed by atoms with Gasteiger partial charge in [0.1, 0.15) is 12.1 Å². The molecule has 164 valence electrons. The molecule has 0 aromatic carbocycles. The first kappa shape index (κ1) is 23.0. The number of aliphatic carboxylic acids is 1. The van der Waals surface area contributed by atoms with E-state index in [9.17, 15) is 19.5 Å². The van der Waals surface area contributed by atoms with Gasteiger partial charge in [0.05, 0.1) is 18.7 Å². The predicted octanol–water partition coefficient (Wildman–Crippen LogP) is -1.57. The third kappa shape index (κ3) is 7.29. The maximum atomic E-state index is 12.8. The van der Waals surface area contributed by atoms with Crippen LogP contribution in [0, 0.1) is 0 Å². The van der Waals surface area contributed by atoms with Crippen LogP contribution in [0.1, 0.15) is 30.7 Å². The molecule has 2 rings (SSSR count). The van der Waals surface area contributed by atoms with Crippen molar-refractivity contribution in [3.63, 3.8) is 0 Å². The standard InChI is InChI=1S/C18H28N8O4/c19-4-2-1-3-14(25-16(27)13(20)5-11-7-21-9-23-11)17(28)26-15(18(29)30)6-12-8-22-10-24-12/h7-10,13-15H,1-6,19-20H2,(H,21,23)(H,22,24)(H,25,27)(H,26,28)(H,29,30). The van der Waals surface area contributed by atoms with Crippen molar-refractivity contribution in [3.8, 4) is 0 Å². The van der Waals surface area contributed by atoms with Crippen LogP contribution in [-0.2, 0) is 27.2 Å². The average molecular weight is 420 g/mol. The number of imidazole rings is 2. The lowest BCUT2D eigenvalue weighted by atomic mass is 10.1. The molecular formula is C18H28N8O4. The Morgan fingerprint density at radius 3 is 2.10 bits per heavy atom. The number of nitrogens with one attached hydrogen (secondary N) is 4. The average Bonchev–Trinajstić information content (AvgIpc) is 3.40. The molecule has 2 aromatic rings. The fraction of sp³-hybridized carbons (Fsp3) is 0.500. The number of hydrogen-bond acceptors (Lipinski definition) is 7. The summed E-state index contributed by atoms with van der Waals surface area (Å²) in [6, 6.07) is -3.00. The van der Waals surface area contributed by atoms with Crippen molar-refractivity contribution in [2.75, 3.05) is 6.54 Å². The van der Waals surface area contributed by atoms with E-state index in [1.54, 1.807) is 6.20 Å². The molecule has 3 unspecified atom stereocenters. The molecule has 12 nitrogen and oxygen atoms in total. The van der Waals surface area contributed by atoms with E-state index in [4.69, 9.17) is 11.5 Å². The van der Waals surface area contributed by atoms with Crippen molar-refractivity contribution in [2.45, 2.75) is 50.2 Å². The highest BCUT2D eigenvalue weighted by Gasteiger charge is 2.28. The molecule has 0 saturated heterocycles. The minimum absolute atomic E-state index is 0.0316. The Hall–Kier alpha value is -3.25. The Morgan fingerprint density at radius 1 is 0.967 bits per heavy atom. The van der Waals surface area contributed by atoms with Gasteiger partial charge < -0.3 is 37.2 Å². The second-order valence-electron chi connectivity index (χ2n) is 6.91. The fourth-order valence-electron chi connectivity index (χ4n) is 2.85. The van der Waals surface area contributed by atoms with Crippen LogP contribution in [0.5, 0.6) is 0 Å². The maximum absolute atomic E-state index is 12.8. The normalized spacial score (nSPS) is 13.9. The van der Waals surface area contributed by atoms with E-state index in [1.165, 1.54) is 18.9 Å². The summed E-state index contributed by atoms with van der Waals surface area (Å²) in [6.45, 7) is 0.444. The number of rotatable bonds is 13. The van der Waals surface area contributed by atoms with Crippen LogP contribution < -0.4 is 22.1 Å². The number of H-pyrrole nitrogens is 2. The summed E-state index contributed by atoms with van der Waals surface area (Å²) in [7, 11) is 0. The molecule has 0 bridgehead atoms. The van der Waals surface area contributed by atoms with Crippen LogP contribution in [0.3, 0.4) is 0 Å². The zero-order valence-corrected chi connectivity index (χ0v) is 16.5. The second kappa shape index (κ2) is 11.7. The van der Waals surface area contributed by atoms with Crippen molar-refractivity contribution < 1.29 is 19.5 Å². The van der Waals surface area contributed by atoms with Crippen molar-refractivity contribution in [2.24, 2.45) is 11.5 Å². The summed E-state index contributed by atoms with van der Waals surface area (Å²) < 4.78 is 0. The highest BCUT2D eigenvalue weighted by molar-refractivity contribution is 5.91. The first-order valence-electron chi connectivity index (χ1n) is 9.64. The van der Waals surface area contributed by atoms with Gasteiger partial charge in [0.25, 0.3) is 0 Å². The van der Waals surface area contributed by atoms with Gasteiger partial charge >= 0.3 is 5.97 Å². The molecule has 0 fully saturated rings. The zero-order valence-electron chi connectivity index (χ0n) is 16.5. The Labute approximate surface area is 173 Å². The number of carboxylic acid groups (broad SMARTS) is 1. The smallest absolute Gasteiger partial charge is 0.326 e. The predicted molar refractivity (Wildman–Crippen MR) is 107 cm³/mol. The molecular weight excluding hydrogens is 392 g/mol. The topological polar surface area (TPSA) is 205 Å². The van der Waals surface area contributed by atoms with Gasteiger partial charge in [0.15, 0.2) is 0 Å². The summed E-state index contributed by atoms with van der Waals surface area (Å²) in [4.78, 5) is 50.2. The van der Waals surface area contributed by atoms with Gasteiger partial charge in [0.2, 0.25) is 11.8 Å². The molecule has 30 heavy (non-hydrogen) atoms. The largest absolute Gasteiger partial charge is 0.480 e.